The minimum Gasteiger partial charge on any atom is -0.492 e. The third-order valence-electron chi connectivity index (χ3n) is 2.31. The number of hydrogen-bond acceptors (Lipinski definition) is 3. The topological polar surface area (TPSA) is 41.5 Å². The molecular formula is C13H21NO2. The molecule has 90 valence electrons. The van der Waals surface area contributed by atoms with E-state index in [2.05, 4.69) is 18.3 Å². The fourth-order valence-corrected chi connectivity index (χ4v) is 1.51. The van der Waals surface area contributed by atoms with Gasteiger partial charge in [0, 0.05) is 13.1 Å². The van der Waals surface area contributed by atoms with Gasteiger partial charge in [-0.1, -0.05) is 17.7 Å². The molecular weight excluding hydrogens is 202 g/mol. The van der Waals surface area contributed by atoms with Crippen LogP contribution in [0.25, 0.3) is 0 Å². The largest absolute Gasteiger partial charge is 0.492 e. The molecule has 0 fully saturated rings. The Balaban J connectivity index is 2.27. The van der Waals surface area contributed by atoms with Crippen LogP contribution in [0.5, 0.6) is 5.75 Å². The van der Waals surface area contributed by atoms with E-state index < -0.39 is 0 Å². The zero-order chi connectivity index (χ0) is 12.0. The van der Waals surface area contributed by atoms with Crippen LogP contribution in [0.4, 0.5) is 0 Å². The summed E-state index contributed by atoms with van der Waals surface area (Å²) in [4.78, 5) is 0. The van der Waals surface area contributed by atoms with Crippen LogP contribution < -0.4 is 10.1 Å². The first kappa shape index (κ1) is 13.0. The van der Waals surface area contributed by atoms with Crippen LogP contribution >= 0.6 is 0 Å². The predicted octanol–water partition coefficient (Wildman–Crippen LogP) is 1.65. The number of hydrogen-bond donors (Lipinski definition) is 2. The zero-order valence-electron chi connectivity index (χ0n) is 10.3. The van der Waals surface area contributed by atoms with E-state index in [1.54, 1.807) is 6.92 Å². The van der Waals surface area contributed by atoms with Crippen LogP contribution in [0.1, 0.15) is 18.1 Å². The van der Waals surface area contributed by atoms with Crippen LogP contribution in [-0.2, 0) is 0 Å². The van der Waals surface area contributed by atoms with Gasteiger partial charge in [-0.15, -0.1) is 0 Å². The lowest BCUT2D eigenvalue weighted by Crippen LogP contribution is -2.28. The quantitative estimate of drug-likeness (QED) is 0.721. The molecule has 0 aliphatic carbocycles. The molecule has 0 saturated heterocycles. The van der Waals surface area contributed by atoms with Gasteiger partial charge in [-0.2, -0.15) is 0 Å². The SMILES string of the molecule is Cc1ccc(OCCNC[C@H](C)O)c(C)c1. The van der Waals surface area contributed by atoms with E-state index in [-0.39, 0.29) is 6.10 Å². The van der Waals surface area contributed by atoms with Crippen molar-refractivity contribution in [2.45, 2.75) is 26.9 Å². The first-order chi connectivity index (χ1) is 7.59. The highest BCUT2D eigenvalue weighted by atomic mass is 16.5. The smallest absolute Gasteiger partial charge is 0.122 e. The van der Waals surface area contributed by atoms with Gasteiger partial charge in [0.25, 0.3) is 0 Å². The summed E-state index contributed by atoms with van der Waals surface area (Å²) in [6.45, 7) is 7.86. The molecule has 0 heterocycles. The molecule has 1 aromatic carbocycles. The molecule has 2 N–H and O–H groups in total. The van der Waals surface area contributed by atoms with Gasteiger partial charge in [-0.3, -0.25) is 0 Å². The van der Waals surface area contributed by atoms with Gasteiger partial charge in [-0.05, 0) is 32.4 Å². The van der Waals surface area contributed by atoms with E-state index in [0.29, 0.717) is 13.2 Å². The maximum absolute atomic E-state index is 9.04. The number of benzene rings is 1. The summed E-state index contributed by atoms with van der Waals surface area (Å²) in [5.41, 5.74) is 2.41. The molecule has 0 amide bonds. The van der Waals surface area contributed by atoms with Crippen LogP contribution in [0, 0.1) is 13.8 Å². The Morgan fingerprint density at radius 1 is 1.38 bits per heavy atom. The molecule has 0 unspecified atom stereocenters. The van der Waals surface area contributed by atoms with Gasteiger partial charge in [0.05, 0.1) is 6.10 Å². The van der Waals surface area contributed by atoms with Crippen molar-refractivity contribution in [3.63, 3.8) is 0 Å². The Bertz CT molecular complexity index is 324. The highest BCUT2D eigenvalue weighted by Crippen LogP contribution is 2.18. The summed E-state index contributed by atoms with van der Waals surface area (Å²) >= 11 is 0. The van der Waals surface area contributed by atoms with E-state index in [0.717, 1.165) is 17.9 Å². The van der Waals surface area contributed by atoms with E-state index in [9.17, 15) is 0 Å². The van der Waals surface area contributed by atoms with Gasteiger partial charge in [-0.25, -0.2) is 0 Å². The molecule has 3 heteroatoms. The summed E-state index contributed by atoms with van der Waals surface area (Å²) in [6, 6.07) is 6.16. The fourth-order valence-electron chi connectivity index (χ4n) is 1.51. The highest BCUT2D eigenvalue weighted by Gasteiger charge is 1.99. The molecule has 0 aliphatic rings. The first-order valence-corrected chi connectivity index (χ1v) is 5.68. The Hall–Kier alpha value is -1.06. The van der Waals surface area contributed by atoms with E-state index in [4.69, 9.17) is 9.84 Å². The molecule has 0 aliphatic heterocycles. The Morgan fingerprint density at radius 3 is 2.75 bits per heavy atom. The van der Waals surface area contributed by atoms with Crippen LogP contribution in [0.3, 0.4) is 0 Å². The van der Waals surface area contributed by atoms with Crippen molar-refractivity contribution in [1.82, 2.24) is 5.32 Å². The molecule has 16 heavy (non-hydrogen) atoms. The predicted molar refractivity (Wildman–Crippen MR) is 66.0 cm³/mol. The highest BCUT2D eigenvalue weighted by molar-refractivity contribution is 5.35. The van der Waals surface area contributed by atoms with Crippen molar-refractivity contribution in [2.75, 3.05) is 19.7 Å². The normalized spacial score (nSPS) is 12.5. The van der Waals surface area contributed by atoms with Crippen molar-refractivity contribution in [3.05, 3.63) is 29.3 Å². The standard InChI is InChI=1S/C13H21NO2/c1-10-4-5-13(11(2)8-10)16-7-6-14-9-12(3)15/h4-5,8,12,14-15H,6-7,9H2,1-3H3/t12-/m0/s1. The molecule has 0 aromatic heterocycles. The Morgan fingerprint density at radius 2 is 2.12 bits per heavy atom. The van der Waals surface area contributed by atoms with Crippen LogP contribution in [0.15, 0.2) is 18.2 Å². The monoisotopic (exact) mass is 223 g/mol. The summed E-state index contributed by atoms with van der Waals surface area (Å²) in [6.07, 6.45) is -0.305. The second-order valence-corrected chi connectivity index (χ2v) is 4.17. The van der Waals surface area contributed by atoms with Gasteiger partial charge in [0.15, 0.2) is 0 Å². The first-order valence-electron chi connectivity index (χ1n) is 5.68. The molecule has 1 rings (SSSR count). The number of nitrogens with one attached hydrogen (secondary N) is 1. The molecule has 0 saturated carbocycles. The second kappa shape index (κ2) is 6.51. The lowest BCUT2D eigenvalue weighted by atomic mass is 10.1. The molecule has 0 radical (unpaired) electrons. The van der Waals surface area contributed by atoms with Gasteiger partial charge in [0.2, 0.25) is 0 Å². The maximum Gasteiger partial charge on any atom is 0.122 e. The number of aliphatic hydroxyl groups excluding tert-OH is 1. The lowest BCUT2D eigenvalue weighted by Gasteiger charge is -2.11. The number of aliphatic hydroxyl groups is 1. The molecule has 1 atom stereocenters. The molecule has 1 aromatic rings. The van der Waals surface area contributed by atoms with Crippen molar-refractivity contribution in [1.29, 1.82) is 0 Å². The third kappa shape index (κ3) is 4.64. The van der Waals surface area contributed by atoms with Crippen molar-refractivity contribution >= 4 is 0 Å². The number of ether oxygens (including phenoxy) is 1. The summed E-state index contributed by atoms with van der Waals surface area (Å²) in [5, 5.41) is 12.2. The van der Waals surface area contributed by atoms with Crippen molar-refractivity contribution in [2.24, 2.45) is 0 Å². The van der Waals surface area contributed by atoms with Crippen molar-refractivity contribution in [3.8, 4) is 5.75 Å². The summed E-state index contributed by atoms with van der Waals surface area (Å²) in [5.74, 6) is 0.935. The lowest BCUT2D eigenvalue weighted by molar-refractivity contribution is 0.188. The van der Waals surface area contributed by atoms with E-state index >= 15 is 0 Å². The van der Waals surface area contributed by atoms with Crippen molar-refractivity contribution < 1.29 is 9.84 Å². The van der Waals surface area contributed by atoms with Gasteiger partial charge in [0.1, 0.15) is 12.4 Å². The number of rotatable bonds is 6. The second-order valence-electron chi connectivity index (χ2n) is 4.17. The third-order valence-corrected chi connectivity index (χ3v) is 2.31. The Labute approximate surface area is 97.4 Å². The number of aryl methyl sites for hydroxylation is 2. The fraction of sp³-hybridized carbons (Fsp3) is 0.538. The molecule has 0 bridgehead atoms. The average Bonchev–Trinajstić information content (AvgIpc) is 2.20. The van der Waals surface area contributed by atoms with E-state index in [1.807, 2.05) is 19.1 Å². The summed E-state index contributed by atoms with van der Waals surface area (Å²) in [7, 11) is 0. The van der Waals surface area contributed by atoms with Gasteiger partial charge >= 0.3 is 0 Å². The molecule has 0 spiro atoms. The minimum absolute atomic E-state index is 0.305. The van der Waals surface area contributed by atoms with Gasteiger partial charge < -0.3 is 15.2 Å². The average molecular weight is 223 g/mol. The van der Waals surface area contributed by atoms with E-state index in [1.165, 1.54) is 5.56 Å². The Kier molecular flexibility index (Phi) is 5.29. The maximum atomic E-state index is 9.04. The van der Waals surface area contributed by atoms with Crippen LogP contribution in [0.2, 0.25) is 0 Å². The van der Waals surface area contributed by atoms with Crippen LogP contribution in [-0.4, -0.2) is 30.9 Å². The summed E-state index contributed by atoms with van der Waals surface area (Å²) < 4.78 is 5.63. The molecule has 3 nitrogen and oxygen atoms in total. The zero-order valence-corrected chi connectivity index (χ0v) is 10.3. The minimum atomic E-state index is -0.305.